The first-order valence-corrected chi connectivity index (χ1v) is 8.21. The Balaban J connectivity index is 2.34. The van der Waals surface area contributed by atoms with Gasteiger partial charge < -0.3 is 16.0 Å². The van der Waals surface area contributed by atoms with Crippen LogP contribution in [0.4, 0.5) is 26.3 Å². The Hall–Kier alpha value is -3.69. The summed E-state index contributed by atoms with van der Waals surface area (Å²) in [4.78, 5) is 0. The molecule has 0 aromatic heterocycles. The molecule has 0 atom stereocenters. The van der Waals surface area contributed by atoms with Crippen LogP contribution in [0.2, 0.25) is 0 Å². The largest absolute Gasteiger partial charge is 0.507 e. The van der Waals surface area contributed by atoms with Crippen LogP contribution >= 0.6 is 0 Å². The minimum absolute atomic E-state index is 0.0135. The van der Waals surface area contributed by atoms with Crippen molar-refractivity contribution in [3.05, 3.63) is 77.1 Å². The third kappa shape index (κ3) is 3.76. The highest BCUT2D eigenvalue weighted by Gasteiger charge is 2.32. The molecule has 156 valence electrons. The zero-order chi connectivity index (χ0) is 22.2. The zero-order valence-electron chi connectivity index (χ0n) is 14.8. The van der Waals surface area contributed by atoms with E-state index in [1.165, 1.54) is 6.07 Å². The van der Waals surface area contributed by atoms with Gasteiger partial charge in [0.2, 0.25) is 0 Å². The number of phenolic OH excluding ortho intramolecular Hbond substituents is 1. The average Bonchev–Trinajstić information content (AvgIpc) is 2.71. The summed E-state index contributed by atoms with van der Waals surface area (Å²) < 4.78 is 81.1. The number of hydrogen-bond donors (Lipinski definition) is 3. The second-order valence-corrected chi connectivity index (χ2v) is 6.20. The Kier molecular flexibility index (Phi) is 5.34. The summed E-state index contributed by atoms with van der Waals surface area (Å²) >= 11 is 0. The van der Waals surface area contributed by atoms with E-state index < -0.39 is 46.3 Å². The molecule has 0 radical (unpaired) electrons. The predicted octanol–water partition coefficient (Wildman–Crippen LogP) is 5.26. The molecular weight excluding hydrogens is 414 g/mol. The number of oxime groups is 1. The van der Waals surface area contributed by atoms with Crippen LogP contribution in [0.1, 0.15) is 11.1 Å². The lowest BCUT2D eigenvalue weighted by molar-refractivity contribution is -0.137. The van der Waals surface area contributed by atoms with E-state index in [9.17, 15) is 31.4 Å². The molecular formula is C20H12F6N2O2. The van der Waals surface area contributed by atoms with Gasteiger partial charge in [-0.15, -0.1) is 0 Å². The Morgan fingerprint density at radius 2 is 1.50 bits per heavy atom. The summed E-state index contributed by atoms with van der Waals surface area (Å²) in [6.45, 7) is 0. The van der Waals surface area contributed by atoms with Crippen LogP contribution in [0, 0.1) is 17.5 Å². The Morgan fingerprint density at radius 3 is 2.13 bits per heavy atom. The molecule has 0 saturated heterocycles. The molecule has 0 saturated carbocycles. The molecule has 0 spiro atoms. The summed E-state index contributed by atoms with van der Waals surface area (Å²) in [6, 6.07) is 7.22. The number of phenols is 1. The van der Waals surface area contributed by atoms with Gasteiger partial charge in [0.1, 0.15) is 5.75 Å². The first-order valence-electron chi connectivity index (χ1n) is 8.21. The van der Waals surface area contributed by atoms with Crippen LogP contribution in [-0.2, 0) is 6.18 Å². The smallest absolute Gasteiger partial charge is 0.416 e. The summed E-state index contributed by atoms with van der Waals surface area (Å²) in [7, 11) is 0. The normalized spacial score (nSPS) is 12.3. The SMILES string of the molecule is NC(=NO)c1cc(-c2cc(C(F)(F)F)ccc2-c2ccc(F)c(F)c2F)ccc1O. The summed E-state index contributed by atoms with van der Waals surface area (Å²) in [5, 5.41) is 21.4. The van der Waals surface area contributed by atoms with Gasteiger partial charge in [-0.3, -0.25) is 0 Å². The van der Waals surface area contributed by atoms with Crippen molar-refractivity contribution < 1.29 is 36.7 Å². The number of benzene rings is 3. The second-order valence-electron chi connectivity index (χ2n) is 6.20. The minimum Gasteiger partial charge on any atom is -0.507 e. The Labute approximate surface area is 165 Å². The Bertz CT molecular complexity index is 1160. The van der Waals surface area contributed by atoms with Crippen LogP contribution in [0.25, 0.3) is 22.3 Å². The van der Waals surface area contributed by atoms with Crippen molar-refractivity contribution in [3.8, 4) is 28.0 Å². The molecule has 3 aromatic rings. The van der Waals surface area contributed by atoms with Crippen molar-refractivity contribution in [1.29, 1.82) is 0 Å². The van der Waals surface area contributed by atoms with Crippen LogP contribution in [-0.4, -0.2) is 16.1 Å². The van der Waals surface area contributed by atoms with E-state index in [4.69, 9.17) is 10.9 Å². The molecule has 30 heavy (non-hydrogen) atoms. The fourth-order valence-electron chi connectivity index (χ4n) is 2.89. The quantitative estimate of drug-likeness (QED) is 0.134. The van der Waals surface area contributed by atoms with E-state index in [1.807, 2.05) is 0 Å². The number of alkyl halides is 3. The topological polar surface area (TPSA) is 78.8 Å². The molecule has 0 amide bonds. The third-order valence-corrected chi connectivity index (χ3v) is 4.36. The number of nitrogens with two attached hydrogens (primary N) is 1. The highest BCUT2D eigenvalue weighted by atomic mass is 19.4. The maximum atomic E-state index is 14.4. The molecule has 3 aromatic carbocycles. The standard InChI is InChI=1S/C20H12F6N2O2/c21-15-5-4-12(17(22)18(15)23)11-3-2-10(20(24,25)26)8-13(11)9-1-6-16(29)14(7-9)19(27)28-30/h1-8,29-30H,(H2,27,28). The molecule has 4 nitrogen and oxygen atoms in total. The van der Waals surface area contributed by atoms with Crippen molar-refractivity contribution in [2.75, 3.05) is 0 Å². The van der Waals surface area contributed by atoms with E-state index in [0.29, 0.717) is 18.2 Å². The molecule has 10 heteroatoms. The van der Waals surface area contributed by atoms with Crippen molar-refractivity contribution in [2.24, 2.45) is 10.9 Å². The highest BCUT2D eigenvalue weighted by molar-refractivity contribution is 6.01. The van der Waals surface area contributed by atoms with Crippen molar-refractivity contribution in [1.82, 2.24) is 0 Å². The van der Waals surface area contributed by atoms with E-state index in [1.54, 1.807) is 0 Å². The molecule has 0 aliphatic rings. The third-order valence-electron chi connectivity index (χ3n) is 4.36. The van der Waals surface area contributed by atoms with E-state index >= 15 is 0 Å². The second kappa shape index (κ2) is 7.62. The summed E-state index contributed by atoms with van der Waals surface area (Å²) in [6.07, 6.45) is -4.74. The van der Waals surface area contributed by atoms with Crippen LogP contribution in [0.3, 0.4) is 0 Å². The van der Waals surface area contributed by atoms with Crippen molar-refractivity contribution in [2.45, 2.75) is 6.18 Å². The zero-order valence-corrected chi connectivity index (χ0v) is 14.8. The van der Waals surface area contributed by atoms with Crippen LogP contribution in [0.15, 0.2) is 53.7 Å². The summed E-state index contributed by atoms with van der Waals surface area (Å²) in [5.41, 5.74) is 3.33. The predicted molar refractivity (Wildman–Crippen MR) is 96.4 cm³/mol. The number of hydrogen-bond acceptors (Lipinski definition) is 3. The van der Waals surface area contributed by atoms with E-state index in [-0.39, 0.29) is 22.3 Å². The molecule has 0 unspecified atom stereocenters. The molecule has 3 rings (SSSR count). The average molecular weight is 426 g/mol. The molecule has 0 aliphatic heterocycles. The van der Waals surface area contributed by atoms with E-state index in [2.05, 4.69) is 5.16 Å². The summed E-state index contributed by atoms with van der Waals surface area (Å²) in [5.74, 6) is -5.76. The maximum absolute atomic E-state index is 14.4. The maximum Gasteiger partial charge on any atom is 0.416 e. The van der Waals surface area contributed by atoms with Crippen LogP contribution in [0.5, 0.6) is 5.75 Å². The fourth-order valence-corrected chi connectivity index (χ4v) is 2.89. The first-order chi connectivity index (χ1) is 14.0. The van der Waals surface area contributed by atoms with Gasteiger partial charge in [-0.2, -0.15) is 13.2 Å². The van der Waals surface area contributed by atoms with Gasteiger partial charge in [-0.1, -0.05) is 17.3 Å². The number of aromatic hydroxyl groups is 1. The molecule has 0 bridgehead atoms. The van der Waals surface area contributed by atoms with Gasteiger partial charge in [0.25, 0.3) is 0 Å². The lowest BCUT2D eigenvalue weighted by atomic mass is 9.91. The lowest BCUT2D eigenvalue weighted by Crippen LogP contribution is -2.13. The van der Waals surface area contributed by atoms with Gasteiger partial charge in [-0.25, -0.2) is 13.2 Å². The van der Waals surface area contributed by atoms with Gasteiger partial charge in [0.05, 0.1) is 11.1 Å². The van der Waals surface area contributed by atoms with Gasteiger partial charge in [0.15, 0.2) is 23.3 Å². The number of rotatable bonds is 3. The fraction of sp³-hybridized carbons (Fsp3) is 0.0500. The Morgan fingerprint density at radius 1 is 0.833 bits per heavy atom. The van der Waals surface area contributed by atoms with E-state index in [0.717, 1.165) is 24.3 Å². The van der Waals surface area contributed by atoms with Gasteiger partial charge in [-0.05, 0) is 53.1 Å². The van der Waals surface area contributed by atoms with Crippen LogP contribution < -0.4 is 5.73 Å². The molecule has 0 heterocycles. The molecule has 0 aliphatic carbocycles. The van der Waals surface area contributed by atoms with Gasteiger partial charge in [0, 0.05) is 5.56 Å². The van der Waals surface area contributed by atoms with Gasteiger partial charge >= 0.3 is 6.18 Å². The lowest BCUT2D eigenvalue weighted by Gasteiger charge is -2.16. The van der Waals surface area contributed by atoms with Crippen molar-refractivity contribution in [3.63, 3.8) is 0 Å². The first kappa shape index (κ1) is 21.0. The monoisotopic (exact) mass is 426 g/mol. The number of halogens is 6. The molecule has 0 fully saturated rings. The minimum atomic E-state index is -4.74. The molecule has 4 N–H and O–H groups in total. The number of amidine groups is 1. The van der Waals surface area contributed by atoms with Crippen molar-refractivity contribution >= 4 is 5.84 Å². The highest BCUT2D eigenvalue weighted by Crippen LogP contribution is 2.40. The number of nitrogens with zero attached hydrogens (tertiary/aromatic N) is 1.